The van der Waals surface area contributed by atoms with Gasteiger partial charge in [-0.3, -0.25) is 0 Å². The van der Waals surface area contributed by atoms with Crippen molar-refractivity contribution < 1.29 is 9.68 Å². The molecule has 3 nitrogen and oxygen atoms in total. The van der Waals surface area contributed by atoms with Crippen molar-refractivity contribution in [3.63, 3.8) is 0 Å². The lowest BCUT2D eigenvalue weighted by atomic mass is 10.00. The summed E-state index contributed by atoms with van der Waals surface area (Å²) in [5, 5.41) is 12.9. The largest absolute Gasteiger partial charge is 0.346 e. The molecule has 0 saturated carbocycles. The maximum atomic E-state index is 11.7. The summed E-state index contributed by atoms with van der Waals surface area (Å²) < 4.78 is 2.20. The molecule has 0 amide bonds. The third-order valence-electron chi connectivity index (χ3n) is 5.42. The minimum Gasteiger partial charge on any atom is -0.346 e. The van der Waals surface area contributed by atoms with Crippen LogP contribution in [0.2, 0.25) is 0 Å². The monoisotopic (exact) mass is 353 g/mol. The zero-order valence-electron chi connectivity index (χ0n) is 15.1. The first kappa shape index (κ1) is 16.7. The van der Waals surface area contributed by atoms with Crippen LogP contribution in [-0.4, -0.2) is 33.7 Å². The third-order valence-corrected chi connectivity index (χ3v) is 6.62. The van der Waals surface area contributed by atoms with E-state index in [1.54, 1.807) is 0 Å². The average molecular weight is 354 g/mol. The fourth-order valence-corrected chi connectivity index (χ4v) is 4.96. The van der Waals surface area contributed by atoms with E-state index in [4.69, 9.17) is 0 Å². The number of β-amino-alcohol motifs (C(OH)–C–C–N with tert-alkyl or cyclic N) is 1. The van der Waals surface area contributed by atoms with Crippen LogP contribution in [0.4, 0.5) is 5.69 Å². The molecule has 2 aliphatic heterocycles. The van der Waals surface area contributed by atoms with Crippen LogP contribution >= 0.6 is 11.8 Å². The first-order chi connectivity index (χ1) is 12.0. The number of rotatable bonds is 2. The predicted octanol–water partition coefficient (Wildman–Crippen LogP) is 3.78. The molecular weight excluding hydrogens is 328 g/mol. The average Bonchev–Trinajstić information content (AvgIpc) is 2.92. The Morgan fingerprint density at radius 2 is 1.84 bits per heavy atom. The number of aryl methyl sites for hydroxylation is 2. The molecule has 0 aliphatic carbocycles. The number of benzene rings is 2. The van der Waals surface area contributed by atoms with Gasteiger partial charge in [0.15, 0.2) is 6.54 Å². The van der Waals surface area contributed by atoms with Gasteiger partial charge in [-0.05, 0) is 56.1 Å². The van der Waals surface area contributed by atoms with Crippen LogP contribution in [0.25, 0.3) is 0 Å². The van der Waals surface area contributed by atoms with Crippen LogP contribution in [0, 0.1) is 20.8 Å². The maximum Gasteiger partial charge on any atom is 0.316 e. The van der Waals surface area contributed by atoms with Crippen LogP contribution < -0.4 is 4.90 Å². The predicted molar refractivity (Wildman–Crippen MR) is 106 cm³/mol. The van der Waals surface area contributed by atoms with Gasteiger partial charge in [0, 0.05) is 11.3 Å². The highest BCUT2D eigenvalue weighted by Gasteiger charge is 2.53. The summed E-state index contributed by atoms with van der Waals surface area (Å²) in [4.78, 5) is 2.31. The Hall–Kier alpha value is -1.78. The molecule has 0 aromatic heterocycles. The van der Waals surface area contributed by atoms with Gasteiger partial charge in [-0.1, -0.05) is 42.0 Å². The fraction of sp³-hybridized carbons (Fsp3) is 0.381. The molecule has 0 spiro atoms. The topological polar surface area (TPSA) is 26.5 Å². The molecule has 2 aliphatic rings. The number of hydrogen-bond donors (Lipinski definition) is 1. The Bertz CT molecular complexity index is 843. The van der Waals surface area contributed by atoms with Gasteiger partial charge < -0.3 is 5.11 Å². The molecule has 4 heteroatoms. The van der Waals surface area contributed by atoms with Crippen LogP contribution in [0.5, 0.6) is 0 Å². The van der Waals surface area contributed by atoms with Gasteiger partial charge in [0.25, 0.3) is 5.72 Å². The summed E-state index contributed by atoms with van der Waals surface area (Å²) in [6.45, 7) is 7.87. The van der Waals surface area contributed by atoms with Gasteiger partial charge in [0.2, 0.25) is 0 Å². The Kier molecular flexibility index (Phi) is 4.13. The van der Waals surface area contributed by atoms with Crippen molar-refractivity contribution in [2.75, 3.05) is 23.7 Å². The van der Waals surface area contributed by atoms with Gasteiger partial charge in [-0.2, -0.15) is 0 Å². The molecule has 25 heavy (non-hydrogen) atoms. The van der Waals surface area contributed by atoms with Crippen LogP contribution in [0.15, 0.2) is 42.5 Å². The maximum absolute atomic E-state index is 11.7. The summed E-state index contributed by atoms with van der Waals surface area (Å²) in [5.41, 5.74) is 5.01. The molecule has 0 radical (unpaired) electrons. The smallest absolute Gasteiger partial charge is 0.316 e. The molecule has 0 bridgehead atoms. The Morgan fingerprint density at radius 3 is 2.60 bits per heavy atom. The lowest BCUT2D eigenvalue weighted by Gasteiger charge is -2.24. The Morgan fingerprint density at radius 1 is 1.08 bits per heavy atom. The lowest BCUT2D eigenvalue weighted by molar-refractivity contribution is -0.656. The minimum atomic E-state index is -0.966. The molecule has 2 heterocycles. The fourth-order valence-electron chi connectivity index (χ4n) is 3.78. The number of aliphatic hydroxyl groups is 1. The molecule has 1 N–H and O–H groups in total. The van der Waals surface area contributed by atoms with Crippen LogP contribution in [0.3, 0.4) is 0 Å². The number of hydrogen-bond acceptors (Lipinski definition) is 3. The van der Waals surface area contributed by atoms with Crippen molar-refractivity contribution in [3.05, 3.63) is 64.7 Å². The summed E-state index contributed by atoms with van der Waals surface area (Å²) in [6, 6.07) is 14.7. The highest BCUT2D eigenvalue weighted by atomic mass is 32.2. The summed E-state index contributed by atoms with van der Waals surface area (Å²) >= 11 is 1.86. The summed E-state index contributed by atoms with van der Waals surface area (Å²) in [6.07, 6.45) is 1.10. The second-order valence-electron chi connectivity index (χ2n) is 7.12. The van der Waals surface area contributed by atoms with Crippen molar-refractivity contribution in [2.45, 2.75) is 32.9 Å². The van der Waals surface area contributed by atoms with Crippen molar-refractivity contribution in [2.24, 2.45) is 0 Å². The molecule has 0 fully saturated rings. The van der Waals surface area contributed by atoms with Gasteiger partial charge in [-0.25, -0.2) is 9.48 Å². The second kappa shape index (κ2) is 6.19. The normalized spacial score (nSPS) is 23.1. The third kappa shape index (κ3) is 2.68. The zero-order valence-corrected chi connectivity index (χ0v) is 15.9. The molecule has 0 unspecified atom stereocenters. The van der Waals surface area contributed by atoms with Crippen molar-refractivity contribution in [1.29, 1.82) is 0 Å². The van der Waals surface area contributed by atoms with E-state index < -0.39 is 5.72 Å². The summed E-state index contributed by atoms with van der Waals surface area (Å²) in [5.74, 6) is 1.11. The van der Waals surface area contributed by atoms with Crippen LogP contribution in [0.1, 0.15) is 28.7 Å². The Balaban J connectivity index is 1.83. The SMILES string of the molecule is Cc1ccc([C@]2(O)CN(c3cccc(C)c3C)C3=[N+]2CCCS3)cc1. The van der Waals surface area contributed by atoms with E-state index in [1.165, 1.54) is 27.5 Å². The lowest BCUT2D eigenvalue weighted by Crippen LogP contribution is -2.41. The van der Waals surface area contributed by atoms with Crippen LogP contribution in [-0.2, 0) is 5.72 Å². The first-order valence-corrected chi connectivity index (χ1v) is 9.90. The zero-order chi connectivity index (χ0) is 17.6. The van der Waals surface area contributed by atoms with E-state index >= 15 is 0 Å². The van der Waals surface area contributed by atoms with E-state index in [2.05, 4.69) is 72.7 Å². The number of anilines is 1. The number of nitrogens with zero attached hydrogens (tertiary/aromatic N) is 2. The molecular formula is C21H25N2OS+. The summed E-state index contributed by atoms with van der Waals surface area (Å²) in [7, 11) is 0. The molecule has 2 aromatic carbocycles. The van der Waals surface area contributed by atoms with Gasteiger partial charge >= 0.3 is 5.17 Å². The second-order valence-corrected chi connectivity index (χ2v) is 8.19. The van der Waals surface area contributed by atoms with E-state index in [1.807, 2.05) is 11.8 Å². The molecule has 1 atom stereocenters. The number of amidine groups is 1. The number of thioether (sulfide) groups is 1. The standard InChI is InChI=1S/C21H25N2OS/c1-15-8-10-18(11-9-15)21(24)14-22(20-23(21)12-5-13-25-20)19-7-4-6-16(2)17(19)3/h4,6-11,24H,5,12-14H2,1-3H3/q+1/t21-/m1/s1. The molecule has 130 valence electrons. The molecule has 2 aromatic rings. The minimum absolute atomic E-state index is 0.572. The quantitative estimate of drug-likeness (QED) is 0.832. The Labute approximate surface area is 154 Å². The molecule has 4 rings (SSSR count). The highest BCUT2D eigenvalue weighted by molar-refractivity contribution is 8.13. The molecule has 0 saturated heterocycles. The highest BCUT2D eigenvalue weighted by Crippen LogP contribution is 2.38. The van der Waals surface area contributed by atoms with Crippen molar-refractivity contribution in [3.8, 4) is 0 Å². The van der Waals surface area contributed by atoms with E-state index in [0.29, 0.717) is 6.54 Å². The first-order valence-electron chi connectivity index (χ1n) is 8.91. The van der Waals surface area contributed by atoms with Gasteiger partial charge in [0.1, 0.15) is 5.69 Å². The van der Waals surface area contributed by atoms with E-state index in [0.717, 1.165) is 24.3 Å². The van der Waals surface area contributed by atoms with Crippen molar-refractivity contribution in [1.82, 2.24) is 0 Å². The van der Waals surface area contributed by atoms with Gasteiger partial charge in [0.05, 0.1) is 6.54 Å². The van der Waals surface area contributed by atoms with Gasteiger partial charge in [-0.15, -0.1) is 0 Å². The van der Waals surface area contributed by atoms with E-state index in [-0.39, 0.29) is 0 Å². The van der Waals surface area contributed by atoms with Crippen molar-refractivity contribution >= 4 is 22.6 Å². The van der Waals surface area contributed by atoms with E-state index in [9.17, 15) is 5.11 Å².